The quantitative estimate of drug-likeness (QED) is 0.803. The Balaban J connectivity index is 2.01. The summed E-state index contributed by atoms with van der Waals surface area (Å²) in [6, 6.07) is 8.40. The van der Waals surface area contributed by atoms with Crippen LogP contribution >= 0.6 is 27.3 Å². The molecule has 2 aromatic rings. The minimum absolute atomic E-state index is 0.621. The van der Waals surface area contributed by atoms with Crippen LogP contribution in [-0.2, 0) is 13.2 Å². The van der Waals surface area contributed by atoms with Gasteiger partial charge in [-0.2, -0.15) is 0 Å². The standard InChI is InChI=1S/C16H20BrNOS/c1-4-18-9-14-8-13(12(3)20-14)10-19-16-6-5-11(2)7-15(16)17/h5-8,18H,4,9-10H2,1-3H3. The van der Waals surface area contributed by atoms with E-state index in [2.05, 4.69) is 60.2 Å². The van der Waals surface area contributed by atoms with Crippen LogP contribution in [0.15, 0.2) is 28.7 Å². The SMILES string of the molecule is CCNCc1cc(COc2ccc(C)cc2Br)c(C)s1. The Morgan fingerprint density at radius 3 is 2.75 bits per heavy atom. The highest BCUT2D eigenvalue weighted by Gasteiger charge is 2.07. The van der Waals surface area contributed by atoms with Crippen LogP contribution in [0.4, 0.5) is 0 Å². The van der Waals surface area contributed by atoms with Crippen molar-refractivity contribution >= 4 is 27.3 Å². The van der Waals surface area contributed by atoms with E-state index in [1.807, 2.05) is 17.4 Å². The first-order valence-corrected chi connectivity index (χ1v) is 8.39. The van der Waals surface area contributed by atoms with Crippen molar-refractivity contribution in [1.82, 2.24) is 5.32 Å². The van der Waals surface area contributed by atoms with Crippen LogP contribution < -0.4 is 10.1 Å². The normalized spacial score (nSPS) is 10.8. The van der Waals surface area contributed by atoms with Gasteiger partial charge in [0, 0.05) is 21.9 Å². The maximum atomic E-state index is 5.92. The fraction of sp³-hybridized carbons (Fsp3) is 0.375. The second-order valence-electron chi connectivity index (χ2n) is 4.80. The van der Waals surface area contributed by atoms with Crippen LogP contribution in [0.2, 0.25) is 0 Å². The van der Waals surface area contributed by atoms with Crippen molar-refractivity contribution in [3.05, 3.63) is 49.6 Å². The first-order valence-electron chi connectivity index (χ1n) is 6.78. The number of nitrogens with one attached hydrogen (secondary N) is 1. The lowest BCUT2D eigenvalue weighted by Crippen LogP contribution is -2.10. The second-order valence-corrected chi connectivity index (χ2v) is 6.99. The van der Waals surface area contributed by atoms with Crippen molar-refractivity contribution in [2.75, 3.05) is 6.54 Å². The molecule has 0 aliphatic rings. The van der Waals surface area contributed by atoms with Crippen LogP contribution in [0, 0.1) is 13.8 Å². The lowest BCUT2D eigenvalue weighted by molar-refractivity contribution is 0.304. The molecule has 0 radical (unpaired) electrons. The number of thiophene rings is 1. The number of hydrogen-bond acceptors (Lipinski definition) is 3. The molecule has 1 aromatic heterocycles. The summed E-state index contributed by atoms with van der Waals surface area (Å²) in [7, 11) is 0. The van der Waals surface area contributed by atoms with Crippen LogP contribution in [0.3, 0.4) is 0 Å². The zero-order chi connectivity index (χ0) is 14.5. The molecule has 20 heavy (non-hydrogen) atoms. The molecule has 0 spiro atoms. The van der Waals surface area contributed by atoms with Crippen molar-refractivity contribution in [3.63, 3.8) is 0 Å². The van der Waals surface area contributed by atoms with E-state index in [1.54, 1.807) is 0 Å². The summed E-state index contributed by atoms with van der Waals surface area (Å²) in [4.78, 5) is 2.70. The van der Waals surface area contributed by atoms with Gasteiger partial charge in [0.15, 0.2) is 0 Å². The lowest BCUT2D eigenvalue weighted by Gasteiger charge is -2.08. The summed E-state index contributed by atoms with van der Waals surface area (Å²) in [6.07, 6.45) is 0. The molecule has 1 heterocycles. The summed E-state index contributed by atoms with van der Waals surface area (Å²) < 4.78 is 6.93. The van der Waals surface area contributed by atoms with Gasteiger partial charge in [0.2, 0.25) is 0 Å². The largest absolute Gasteiger partial charge is 0.488 e. The van der Waals surface area contributed by atoms with Gasteiger partial charge in [0.05, 0.1) is 4.47 Å². The van der Waals surface area contributed by atoms with E-state index in [0.717, 1.165) is 23.3 Å². The predicted octanol–water partition coefficient (Wildman–Crippen LogP) is 4.82. The predicted molar refractivity (Wildman–Crippen MR) is 89.6 cm³/mol. The van der Waals surface area contributed by atoms with E-state index >= 15 is 0 Å². The molecule has 0 bridgehead atoms. The van der Waals surface area contributed by atoms with Gasteiger partial charge in [0.25, 0.3) is 0 Å². The van der Waals surface area contributed by atoms with E-state index in [4.69, 9.17) is 4.74 Å². The van der Waals surface area contributed by atoms with E-state index < -0.39 is 0 Å². The molecule has 0 atom stereocenters. The van der Waals surface area contributed by atoms with Crippen molar-refractivity contribution in [2.45, 2.75) is 33.9 Å². The van der Waals surface area contributed by atoms with Gasteiger partial charge in [-0.25, -0.2) is 0 Å². The lowest BCUT2D eigenvalue weighted by atomic mass is 10.2. The minimum atomic E-state index is 0.621. The molecule has 1 aromatic carbocycles. The number of hydrogen-bond donors (Lipinski definition) is 1. The fourth-order valence-electron chi connectivity index (χ4n) is 1.94. The van der Waals surface area contributed by atoms with Gasteiger partial charge < -0.3 is 10.1 Å². The third kappa shape index (κ3) is 4.08. The highest BCUT2D eigenvalue weighted by atomic mass is 79.9. The molecule has 108 valence electrons. The number of benzene rings is 1. The van der Waals surface area contributed by atoms with E-state index in [1.165, 1.54) is 20.9 Å². The van der Waals surface area contributed by atoms with Gasteiger partial charge in [0.1, 0.15) is 12.4 Å². The van der Waals surface area contributed by atoms with Crippen LogP contribution in [0.25, 0.3) is 0 Å². The third-order valence-electron chi connectivity index (χ3n) is 3.09. The number of aryl methyl sites for hydroxylation is 2. The summed E-state index contributed by atoms with van der Waals surface area (Å²) in [6.45, 7) is 8.92. The molecule has 0 saturated heterocycles. The molecular weight excluding hydrogens is 334 g/mol. The summed E-state index contributed by atoms with van der Waals surface area (Å²) >= 11 is 5.39. The van der Waals surface area contributed by atoms with Crippen molar-refractivity contribution in [1.29, 1.82) is 0 Å². The first-order chi connectivity index (χ1) is 9.60. The number of rotatable bonds is 6. The summed E-state index contributed by atoms with van der Waals surface area (Å²) in [5.74, 6) is 0.898. The maximum Gasteiger partial charge on any atom is 0.134 e. The van der Waals surface area contributed by atoms with Gasteiger partial charge in [-0.1, -0.05) is 13.0 Å². The Morgan fingerprint density at radius 2 is 2.05 bits per heavy atom. The summed E-state index contributed by atoms with van der Waals surface area (Å²) in [5, 5.41) is 3.36. The zero-order valence-corrected chi connectivity index (χ0v) is 14.5. The fourth-order valence-corrected chi connectivity index (χ4v) is 3.57. The van der Waals surface area contributed by atoms with Crippen LogP contribution in [-0.4, -0.2) is 6.54 Å². The van der Waals surface area contributed by atoms with Crippen molar-refractivity contribution in [3.8, 4) is 5.75 Å². The summed E-state index contributed by atoms with van der Waals surface area (Å²) in [5.41, 5.74) is 2.50. The number of ether oxygens (including phenoxy) is 1. The maximum absolute atomic E-state index is 5.92. The van der Waals surface area contributed by atoms with Crippen LogP contribution in [0.1, 0.15) is 27.8 Å². The molecule has 1 N–H and O–H groups in total. The van der Waals surface area contributed by atoms with E-state index in [9.17, 15) is 0 Å². The number of halogens is 1. The molecule has 0 aliphatic carbocycles. The second kappa shape index (κ2) is 7.25. The van der Waals surface area contributed by atoms with Crippen molar-refractivity contribution in [2.24, 2.45) is 0 Å². The van der Waals surface area contributed by atoms with E-state index in [-0.39, 0.29) is 0 Å². The molecule has 0 aliphatic heterocycles. The first kappa shape index (κ1) is 15.5. The van der Waals surface area contributed by atoms with Gasteiger partial charge in [-0.05, 0) is 60.1 Å². The van der Waals surface area contributed by atoms with Crippen LogP contribution in [0.5, 0.6) is 5.75 Å². The Kier molecular flexibility index (Phi) is 5.64. The average Bonchev–Trinajstić information content (AvgIpc) is 2.76. The Hall–Kier alpha value is -0.840. The Labute approximate surface area is 133 Å². The van der Waals surface area contributed by atoms with Crippen molar-refractivity contribution < 1.29 is 4.74 Å². The molecule has 0 saturated carbocycles. The van der Waals surface area contributed by atoms with Gasteiger partial charge in [-0.3, -0.25) is 0 Å². The topological polar surface area (TPSA) is 21.3 Å². The molecule has 0 fully saturated rings. The third-order valence-corrected chi connectivity index (χ3v) is 4.80. The highest BCUT2D eigenvalue weighted by molar-refractivity contribution is 9.10. The molecule has 4 heteroatoms. The molecular formula is C16H20BrNOS. The molecule has 2 rings (SSSR count). The average molecular weight is 354 g/mol. The molecule has 0 unspecified atom stereocenters. The smallest absolute Gasteiger partial charge is 0.134 e. The highest BCUT2D eigenvalue weighted by Crippen LogP contribution is 2.28. The van der Waals surface area contributed by atoms with Gasteiger partial charge in [-0.15, -0.1) is 11.3 Å². The zero-order valence-electron chi connectivity index (χ0n) is 12.1. The molecule has 0 amide bonds. The van der Waals surface area contributed by atoms with E-state index in [0.29, 0.717) is 6.61 Å². The van der Waals surface area contributed by atoms with Gasteiger partial charge >= 0.3 is 0 Å². The Morgan fingerprint density at radius 1 is 1.25 bits per heavy atom. The molecule has 2 nitrogen and oxygen atoms in total. The Bertz CT molecular complexity index is 580. The minimum Gasteiger partial charge on any atom is -0.488 e. The monoisotopic (exact) mass is 353 g/mol.